The number of rotatable bonds is 7. The van der Waals surface area contributed by atoms with Crippen LogP contribution in [0, 0.1) is 11.8 Å². The number of hydrogen-bond donors (Lipinski definition) is 1. The molecule has 2 saturated heterocycles. The predicted octanol–water partition coefficient (Wildman–Crippen LogP) is 2.85. The average Bonchev–Trinajstić information content (AvgIpc) is 3.62. The van der Waals surface area contributed by atoms with Crippen molar-refractivity contribution in [2.24, 2.45) is 11.8 Å². The number of hydrogen-bond acceptors (Lipinski definition) is 3. The Balaban J connectivity index is 1.17. The Bertz CT molecular complexity index is 681. The topological polar surface area (TPSA) is 52.7 Å². The van der Waals surface area contributed by atoms with E-state index in [1.165, 1.54) is 5.56 Å². The number of aryl methyl sites for hydroxylation is 1. The highest BCUT2D eigenvalue weighted by molar-refractivity contribution is 5.81. The van der Waals surface area contributed by atoms with E-state index in [-0.39, 0.29) is 11.8 Å². The summed E-state index contributed by atoms with van der Waals surface area (Å²) in [5, 5.41) is 3.17. The van der Waals surface area contributed by atoms with Gasteiger partial charge in [0, 0.05) is 38.1 Å². The monoisotopic (exact) mass is 397 g/mol. The van der Waals surface area contributed by atoms with E-state index in [0.29, 0.717) is 17.9 Å². The number of piperidine rings is 2. The van der Waals surface area contributed by atoms with Gasteiger partial charge in [-0.3, -0.25) is 14.5 Å². The van der Waals surface area contributed by atoms with E-state index in [2.05, 4.69) is 39.4 Å². The molecule has 3 fully saturated rings. The Hall–Kier alpha value is -1.88. The van der Waals surface area contributed by atoms with Crippen LogP contribution in [0.3, 0.4) is 0 Å². The van der Waals surface area contributed by atoms with Crippen molar-refractivity contribution in [3.63, 3.8) is 0 Å². The minimum absolute atomic E-state index is 0.117. The van der Waals surface area contributed by atoms with Gasteiger partial charge in [-0.2, -0.15) is 0 Å². The second kappa shape index (κ2) is 9.75. The highest BCUT2D eigenvalue weighted by Crippen LogP contribution is 2.32. The van der Waals surface area contributed by atoms with E-state index >= 15 is 0 Å². The van der Waals surface area contributed by atoms with E-state index in [9.17, 15) is 9.59 Å². The number of benzene rings is 1. The standard InChI is InChI=1S/C24H35N3O2/c28-23(25-14-4-8-19-6-2-1-3-7-19)21-9-5-15-27(18-21)22-12-16-26(17-13-22)24(29)20-10-11-20/h1-3,6-7,20-22H,4-5,8-18H2,(H,25,28). The van der Waals surface area contributed by atoms with Crippen LogP contribution in [-0.2, 0) is 16.0 Å². The predicted molar refractivity (Wildman–Crippen MR) is 114 cm³/mol. The zero-order valence-electron chi connectivity index (χ0n) is 17.5. The highest BCUT2D eigenvalue weighted by atomic mass is 16.2. The molecular weight excluding hydrogens is 362 g/mol. The van der Waals surface area contributed by atoms with Gasteiger partial charge < -0.3 is 10.2 Å². The molecule has 4 rings (SSSR count). The van der Waals surface area contributed by atoms with Gasteiger partial charge in [0.05, 0.1) is 5.92 Å². The maximum absolute atomic E-state index is 12.7. The molecule has 1 atom stereocenters. The Morgan fingerprint density at radius 2 is 1.69 bits per heavy atom. The van der Waals surface area contributed by atoms with Crippen molar-refractivity contribution >= 4 is 11.8 Å². The minimum Gasteiger partial charge on any atom is -0.356 e. The highest BCUT2D eigenvalue weighted by Gasteiger charge is 2.37. The van der Waals surface area contributed by atoms with E-state index in [0.717, 1.165) is 84.1 Å². The van der Waals surface area contributed by atoms with Crippen molar-refractivity contribution in [1.82, 2.24) is 15.1 Å². The maximum atomic E-state index is 12.7. The van der Waals surface area contributed by atoms with Crippen molar-refractivity contribution < 1.29 is 9.59 Å². The molecule has 1 aromatic rings. The van der Waals surface area contributed by atoms with Gasteiger partial charge in [0.15, 0.2) is 0 Å². The summed E-state index contributed by atoms with van der Waals surface area (Å²) in [5.74, 6) is 1.06. The first-order chi connectivity index (χ1) is 14.2. The van der Waals surface area contributed by atoms with Crippen molar-refractivity contribution in [3.05, 3.63) is 35.9 Å². The van der Waals surface area contributed by atoms with Crippen molar-refractivity contribution in [2.75, 3.05) is 32.7 Å². The summed E-state index contributed by atoms with van der Waals surface area (Å²) in [6, 6.07) is 11.0. The molecule has 0 bridgehead atoms. The van der Waals surface area contributed by atoms with Crippen molar-refractivity contribution in [3.8, 4) is 0 Å². The molecule has 1 unspecified atom stereocenters. The first-order valence-electron chi connectivity index (χ1n) is 11.5. The second-order valence-electron chi connectivity index (χ2n) is 9.05. The number of carbonyl (C=O) groups excluding carboxylic acids is 2. The molecule has 1 aromatic carbocycles. The van der Waals surface area contributed by atoms with Crippen LogP contribution in [0.15, 0.2) is 30.3 Å². The van der Waals surface area contributed by atoms with Gasteiger partial charge in [0.25, 0.3) is 0 Å². The summed E-state index contributed by atoms with van der Waals surface area (Å²) in [5.41, 5.74) is 1.33. The molecule has 1 aliphatic carbocycles. The normalized spacial score (nSPS) is 23.7. The lowest BCUT2D eigenvalue weighted by Gasteiger charge is -2.42. The average molecular weight is 398 g/mol. The maximum Gasteiger partial charge on any atom is 0.225 e. The molecular formula is C24H35N3O2. The van der Waals surface area contributed by atoms with Crippen LogP contribution in [0.1, 0.15) is 50.5 Å². The molecule has 0 spiro atoms. The number of nitrogens with zero attached hydrogens (tertiary/aromatic N) is 2. The Morgan fingerprint density at radius 3 is 2.41 bits per heavy atom. The summed E-state index contributed by atoms with van der Waals surface area (Å²) in [6.07, 6.45) is 8.40. The summed E-state index contributed by atoms with van der Waals surface area (Å²) >= 11 is 0. The van der Waals surface area contributed by atoms with Crippen LogP contribution in [0.4, 0.5) is 0 Å². The van der Waals surface area contributed by atoms with Crippen LogP contribution in [0.25, 0.3) is 0 Å². The number of carbonyl (C=O) groups is 2. The third-order valence-electron chi connectivity index (χ3n) is 6.83. The fourth-order valence-corrected chi connectivity index (χ4v) is 4.89. The minimum atomic E-state index is 0.117. The summed E-state index contributed by atoms with van der Waals surface area (Å²) < 4.78 is 0. The van der Waals surface area contributed by atoms with Gasteiger partial charge in [-0.05, 0) is 63.5 Å². The summed E-state index contributed by atoms with van der Waals surface area (Å²) in [4.78, 5) is 29.5. The lowest BCUT2D eigenvalue weighted by molar-refractivity contribution is -0.134. The van der Waals surface area contributed by atoms with E-state index in [1.54, 1.807) is 0 Å². The Morgan fingerprint density at radius 1 is 0.931 bits per heavy atom. The van der Waals surface area contributed by atoms with E-state index < -0.39 is 0 Å². The quantitative estimate of drug-likeness (QED) is 0.720. The van der Waals surface area contributed by atoms with Gasteiger partial charge in [-0.1, -0.05) is 30.3 Å². The SMILES string of the molecule is O=C(NCCCc1ccccc1)C1CCCN(C2CCN(C(=O)C3CC3)CC2)C1. The van der Waals surface area contributed by atoms with Crippen LogP contribution in [0.2, 0.25) is 0 Å². The van der Waals surface area contributed by atoms with Crippen molar-refractivity contribution in [2.45, 2.75) is 57.4 Å². The zero-order chi connectivity index (χ0) is 20.1. The fraction of sp³-hybridized carbons (Fsp3) is 0.667. The molecule has 158 valence electrons. The van der Waals surface area contributed by atoms with Crippen LogP contribution < -0.4 is 5.32 Å². The molecule has 0 aromatic heterocycles. The number of amides is 2. The summed E-state index contributed by atoms with van der Waals surface area (Å²) in [6.45, 7) is 4.52. The van der Waals surface area contributed by atoms with E-state index in [4.69, 9.17) is 0 Å². The Labute approximate surface area is 174 Å². The van der Waals surface area contributed by atoms with Crippen LogP contribution in [0.5, 0.6) is 0 Å². The molecule has 5 heteroatoms. The lowest BCUT2D eigenvalue weighted by Crippen LogP contribution is -2.51. The second-order valence-corrected chi connectivity index (χ2v) is 9.05. The largest absolute Gasteiger partial charge is 0.356 e. The first-order valence-corrected chi connectivity index (χ1v) is 11.5. The molecule has 1 N–H and O–H groups in total. The third-order valence-corrected chi connectivity index (χ3v) is 6.83. The van der Waals surface area contributed by atoms with Gasteiger partial charge in [0.2, 0.25) is 11.8 Å². The first kappa shape index (κ1) is 20.4. The molecule has 29 heavy (non-hydrogen) atoms. The summed E-state index contributed by atoms with van der Waals surface area (Å²) in [7, 11) is 0. The van der Waals surface area contributed by atoms with Crippen molar-refractivity contribution in [1.29, 1.82) is 0 Å². The van der Waals surface area contributed by atoms with Crippen LogP contribution >= 0.6 is 0 Å². The smallest absolute Gasteiger partial charge is 0.225 e. The number of nitrogens with one attached hydrogen (secondary N) is 1. The molecule has 5 nitrogen and oxygen atoms in total. The fourth-order valence-electron chi connectivity index (χ4n) is 4.89. The van der Waals surface area contributed by atoms with E-state index in [1.807, 2.05) is 6.07 Å². The molecule has 2 aliphatic heterocycles. The molecule has 1 saturated carbocycles. The zero-order valence-corrected chi connectivity index (χ0v) is 17.5. The van der Waals surface area contributed by atoms with Crippen LogP contribution in [-0.4, -0.2) is 60.4 Å². The van der Waals surface area contributed by atoms with Gasteiger partial charge in [0.1, 0.15) is 0 Å². The molecule has 3 aliphatic rings. The number of likely N-dealkylation sites (tertiary alicyclic amines) is 2. The van der Waals surface area contributed by atoms with Gasteiger partial charge in [-0.15, -0.1) is 0 Å². The van der Waals surface area contributed by atoms with Gasteiger partial charge in [-0.25, -0.2) is 0 Å². The Kier molecular flexibility index (Phi) is 6.86. The molecule has 2 amide bonds. The molecule has 2 heterocycles. The molecule has 0 radical (unpaired) electrons. The lowest BCUT2D eigenvalue weighted by atomic mass is 9.93. The van der Waals surface area contributed by atoms with Gasteiger partial charge >= 0.3 is 0 Å². The third kappa shape index (κ3) is 5.59.